The van der Waals surface area contributed by atoms with Gasteiger partial charge in [-0.25, -0.2) is 8.42 Å². The minimum atomic E-state index is -3.92. The first-order chi connectivity index (χ1) is 26.7. The maximum atomic E-state index is 14.8. The molecule has 0 radical (unpaired) electrons. The molecule has 2 N–H and O–H groups in total. The predicted octanol–water partition coefficient (Wildman–Crippen LogP) is 3.94. The molecule has 16 heteroatoms. The predicted molar refractivity (Wildman–Crippen MR) is 206 cm³/mol. The number of hydrogen-bond acceptors (Lipinski definition) is 10. The first-order valence-electron chi connectivity index (χ1n) is 19.8. The number of ether oxygens (including phenoxy) is 2. The highest BCUT2D eigenvalue weighted by Crippen LogP contribution is 2.50. The number of hydrogen-bond donors (Lipinski definition) is 2. The van der Waals surface area contributed by atoms with Gasteiger partial charge in [0.1, 0.15) is 23.3 Å². The van der Waals surface area contributed by atoms with E-state index in [2.05, 4.69) is 16.6 Å². The molecule has 3 amide bonds. The van der Waals surface area contributed by atoms with Crippen LogP contribution >= 0.6 is 11.6 Å². The van der Waals surface area contributed by atoms with Gasteiger partial charge in [-0.1, -0.05) is 42.7 Å². The van der Waals surface area contributed by atoms with E-state index in [0.29, 0.717) is 41.6 Å². The molecule has 4 aliphatic carbocycles. The zero-order chi connectivity index (χ0) is 39.6. The van der Waals surface area contributed by atoms with Crippen LogP contribution in [-0.2, 0) is 40.5 Å². The van der Waals surface area contributed by atoms with Crippen molar-refractivity contribution in [1.82, 2.24) is 24.5 Å². The van der Waals surface area contributed by atoms with Crippen molar-refractivity contribution in [3.8, 4) is 6.01 Å². The Morgan fingerprint density at radius 3 is 2.55 bits per heavy atom. The fourth-order valence-corrected chi connectivity index (χ4v) is 10.6. The fourth-order valence-electron chi connectivity index (χ4n) is 9.04. The molecule has 1 aromatic carbocycles. The monoisotopic (exact) mass is 809 g/mol. The number of benzene rings is 1. The number of esters is 1. The van der Waals surface area contributed by atoms with Gasteiger partial charge in [0.05, 0.1) is 35.0 Å². The SMILES string of the molecule is C=C[C@@H]1C[C@]1(NC(=O)[C@@H]1C[C@@H]2CN1C(=O)[C@H](C1CCCC1)CC(=O)O[C@]1(C)C[C@H]1CC/C=C/Cn1c(nc3cc(Cl)ccc3c1=O)O2)C(=O)NS(=O)(=O)C1CC1. The van der Waals surface area contributed by atoms with Crippen LogP contribution in [0.2, 0.25) is 5.02 Å². The summed E-state index contributed by atoms with van der Waals surface area (Å²) in [6.45, 7) is 5.78. The van der Waals surface area contributed by atoms with Crippen molar-refractivity contribution in [2.45, 2.75) is 119 Å². The normalized spacial score (nSPS) is 32.9. The van der Waals surface area contributed by atoms with E-state index < -0.39 is 74.1 Å². The number of amides is 3. The van der Waals surface area contributed by atoms with Crippen molar-refractivity contribution < 1.29 is 37.1 Å². The Hall–Kier alpha value is -4.24. The van der Waals surface area contributed by atoms with Crippen molar-refractivity contribution in [2.75, 3.05) is 6.54 Å². The molecule has 3 heterocycles. The highest BCUT2D eigenvalue weighted by atomic mass is 35.5. The Morgan fingerprint density at radius 2 is 1.84 bits per heavy atom. The molecule has 2 aromatic rings. The number of nitrogens with one attached hydrogen (secondary N) is 2. The molecule has 7 atom stereocenters. The molecule has 1 aromatic heterocycles. The average Bonchev–Trinajstić information content (AvgIpc) is 4.10. The second-order valence-corrected chi connectivity index (χ2v) is 19.1. The summed E-state index contributed by atoms with van der Waals surface area (Å²) in [6.07, 6.45) is 10.9. The van der Waals surface area contributed by atoms with Crippen LogP contribution in [0.3, 0.4) is 0 Å². The fraction of sp³-hybridized carbons (Fsp3) is 0.600. The molecule has 0 unspecified atom stereocenters. The third kappa shape index (κ3) is 7.48. The number of allylic oxidation sites excluding steroid dienone is 2. The average molecular weight is 810 g/mol. The Morgan fingerprint density at radius 1 is 1.07 bits per heavy atom. The van der Waals surface area contributed by atoms with Crippen LogP contribution in [0.15, 0.2) is 47.8 Å². The smallest absolute Gasteiger partial charge is 0.307 e. The highest BCUT2D eigenvalue weighted by molar-refractivity contribution is 7.91. The second kappa shape index (κ2) is 14.6. The number of rotatable bonds is 7. The summed E-state index contributed by atoms with van der Waals surface area (Å²) in [5.74, 6) is -3.61. The van der Waals surface area contributed by atoms with Crippen molar-refractivity contribution in [3.63, 3.8) is 0 Å². The molecule has 8 rings (SSSR count). The van der Waals surface area contributed by atoms with Crippen LogP contribution in [0.5, 0.6) is 6.01 Å². The van der Waals surface area contributed by atoms with Gasteiger partial charge in [-0.15, -0.1) is 6.58 Å². The molecular formula is C40H48ClN5O9S. The van der Waals surface area contributed by atoms with Crippen LogP contribution in [-0.4, -0.2) is 81.6 Å². The quantitative estimate of drug-likeness (QED) is 0.307. The van der Waals surface area contributed by atoms with Gasteiger partial charge in [0.2, 0.25) is 21.8 Å². The number of carbonyl (C=O) groups is 4. The van der Waals surface area contributed by atoms with Crippen molar-refractivity contribution in [1.29, 1.82) is 0 Å². The second-order valence-electron chi connectivity index (χ2n) is 16.7. The highest BCUT2D eigenvalue weighted by Gasteiger charge is 2.62. The number of fused-ring (bicyclic) bond motifs is 5. The summed E-state index contributed by atoms with van der Waals surface area (Å²) in [5, 5.41) is 2.90. The summed E-state index contributed by atoms with van der Waals surface area (Å²) in [5.41, 5.74) is -2.22. The van der Waals surface area contributed by atoms with E-state index in [-0.39, 0.29) is 55.8 Å². The van der Waals surface area contributed by atoms with Gasteiger partial charge in [-0.3, -0.25) is 33.3 Å². The molecule has 6 aliphatic rings. The van der Waals surface area contributed by atoms with Crippen LogP contribution < -0.4 is 20.3 Å². The maximum Gasteiger partial charge on any atom is 0.307 e. The number of aromatic nitrogens is 2. The lowest BCUT2D eigenvalue weighted by Crippen LogP contribution is -2.57. The number of nitrogens with zero attached hydrogens (tertiary/aromatic N) is 3. The van der Waals surface area contributed by atoms with E-state index in [4.69, 9.17) is 26.1 Å². The third-order valence-electron chi connectivity index (χ3n) is 12.8. The topological polar surface area (TPSA) is 183 Å². The summed E-state index contributed by atoms with van der Waals surface area (Å²) in [4.78, 5) is 76.5. The molecule has 5 fully saturated rings. The molecule has 300 valence electrons. The van der Waals surface area contributed by atoms with E-state index in [1.165, 1.54) is 15.5 Å². The molecule has 4 saturated carbocycles. The van der Waals surface area contributed by atoms with Gasteiger partial charge >= 0.3 is 5.97 Å². The Labute approximate surface area is 330 Å². The lowest BCUT2D eigenvalue weighted by atomic mass is 9.86. The zero-order valence-corrected chi connectivity index (χ0v) is 33.0. The van der Waals surface area contributed by atoms with Crippen LogP contribution in [0.25, 0.3) is 10.9 Å². The minimum absolute atomic E-state index is 0.00489. The summed E-state index contributed by atoms with van der Waals surface area (Å²) in [7, 11) is -3.92. The molecule has 2 aliphatic heterocycles. The lowest BCUT2D eigenvalue weighted by molar-refractivity contribution is -0.157. The van der Waals surface area contributed by atoms with Crippen molar-refractivity contribution >= 4 is 56.2 Å². The largest absolute Gasteiger partial charge is 0.459 e. The first kappa shape index (κ1) is 38.6. The van der Waals surface area contributed by atoms with E-state index in [9.17, 15) is 32.4 Å². The van der Waals surface area contributed by atoms with Gasteiger partial charge in [0.25, 0.3) is 17.5 Å². The number of sulfonamides is 1. The third-order valence-corrected chi connectivity index (χ3v) is 14.8. The first-order valence-corrected chi connectivity index (χ1v) is 21.7. The van der Waals surface area contributed by atoms with E-state index in [1.54, 1.807) is 18.2 Å². The van der Waals surface area contributed by atoms with E-state index in [0.717, 1.165) is 32.1 Å². The molecule has 1 saturated heterocycles. The maximum absolute atomic E-state index is 14.8. The zero-order valence-electron chi connectivity index (χ0n) is 31.4. The van der Waals surface area contributed by atoms with Gasteiger partial charge in [-0.2, -0.15) is 4.98 Å². The number of halogens is 1. The van der Waals surface area contributed by atoms with E-state index >= 15 is 0 Å². The van der Waals surface area contributed by atoms with Crippen LogP contribution in [0, 0.1) is 23.7 Å². The van der Waals surface area contributed by atoms with Crippen LogP contribution in [0.1, 0.15) is 84.0 Å². The van der Waals surface area contributed by atoms with E-state index in [1.807, 2.05) is 19.1 Å². The van der Waals surface area contributed by atoms with Gasteiger partial charge in [0, 0.05) is 29.8 Å². The molecule has 56 heavy (non-hydrogen) atoms. The summed E-state index contributed by atoms with van der Waals surface area (Å²) >= 11 is 6.29. The van der Waals surface area contributed by atoms with Crippen molar-refractivity contribution in [3.05, 3.63) is 58.4 Å². The standard InChI is InChI=1S/C40H48ClN5O9S/c1-3-24-21-40(24,37(51)44-56(52,53)28-13-14-28)43-34(48)32-18-27-22-46(32)36(50)30(23-9-6-7-10-23)19-33(47)55-39(2)20-25(39)11-5-4-8-16-45-35(49)29-15-12-26(41)17-31(29)42-38(45)54-27/h3-4,8,12,15,17,23-25,27-28,30,32H,1,5-7,9-11,13-14,16,18-22H2,2H3,(H,43,48)(H,44,51)/b8-4+/t24-,25-,27-,30+,32+,39-,40-/m1/s1. The lowest BCUT2D eigenvalue weighted by Gasteiger charge is -2.31. The minimum Gasteiger partial charge on any atom is -0.459 e. The Bertz CT molecular complexity index is 2180. The van der Waals surface area contributed by atoms with Crippen molar-refractivity contribution in [2.24, 2.45) is 23.7 Å². The molecular weight excluding hydrogens is 762 g/mol. The van der Waals surface area contributed by atoms with Gasteiger partial charge < -0.3 is 19.7 Å². The number of carbonyl (C=O) groups excluding carboxylic acids is 4. The van der Waals surface area contributed by atoms with Gasteiger partial charge in [-0.05, 0) is 82.4 Å². The Balaban J connectivity index is 1.15. The Kier molecular flexibility index (Phi) is 10.1. The molecule has 0 spiro atoms. The summed E-state index contributed by atoms with van der Waals surface area (Å²) in [6, 6.07) is 3.63. The molecule has 2 bridgehead atoms. The summed E-state index contributed by atoms with van der Waals surface area (Å²) < 4.78 is 41.6. The van der Waals surface area contributed by atoms with Crippen LogP contribution in [0.4, 0.5) is 0 Å². The molecule has 14 nitrogen and oxygen atoms in total. The van der Waals surface area contributed by atoms with Gasteiger partial charge in [0.15, 0.2) is 0 Å².